The Labute approximate surface area is 175 Å². The Hall–Kier alpha value is -2.24. The number of fused-ring (bicyclic) bond motifs is 1. The van der Waals surface area contributed by atoms with Crippen LogP contribution in [0.3, 0.4) is 0 Å². The lowest BCUT2D eigenvalue weighted by Gasteiger charge is -2.25. The molecular weight excluding hydrogens is 395 g/mol. The Bertz CT molecular complexity index is 978. The van der Waals surface area contributed by atoms with E-state index in [-0.39, 0.29) is 0 Å². The first-order valence-electron chi connectivity index (χ1n) is 9.09. The third kappa shape index (κ3) is 4.42. The average Bonchev–Trinajstić information content (AvgIpc) is 2.99. The van der Waals surface area contributed by atoms with Crippen molar-refractivity contribution in [3.05, 3.63) is 47.8 Å². The van der Waals surface area contributed by atoms with Crippen LogP contribution in [0.1, 0.15) is 11.4 Å². The van der Waals surface area contributed by atoms with Crippen LogP contribution in [-0.2, 0) is 7.05 Å². The Morgan fingerprint density at radius 1 is 1.14 bits per heavy atom. The van der Waals surface area contributed by atoms with Gasteiger partial charge in [0.25, 0.3) is 0 Å². The number of alkyl halides is 2. The fraction of sp³-hybridized carbons (Fsp3) is 0.333. The van der Waals surface area contributed by atoms with Gasteiger partial charge in [-0.1, -0.05) is 6.07 Å². The van der Waals surface area contributed by atoms with Crippen LogP contribution in [0.15, 0.2) is 41.4 Å². The number of benzene rings is 2. The highest BCUT2D eigenvalue weighted by Crippen LogP contribution is 2.29. The molecule has 0 saturated carbocycles. The molecule has 5 nitrogen and oxygen atoms in total. The second-order valence-corrected chi connectivity index (χ2v) is 7.20. The van der Waals surface area contributed by atoms with Gasteiger partial charge in [0.2, 0.25) is 0 Å². The highest BCUT2D eigenvalue weighted by Gasteiger charge is 2.12. The lowest BCUT2D eigenvalue weighted by molar-refractivity contribution is 0.414. The van der Waals surface area contributed by atoms with Crippen molar-refractivity contribution in [1.29, 1.82) is 0 Å². The molecule has 0 aliphatic heterocycles. The molecule has 3 rings (SSSR count). The summed E-state index contributed by atoms with van der Waals surface area (Å²) in [4.78, 5) is 11.3. The molecule has 0 aliphatic carbocycles. The minimum absolute atomic E-state index is 0.527. The molecule has 0 radical (unpaired) electrons. The summed E-state index contributed by atoms with van der Waals surface area (Å²) >= 11 is 11.9. The fourth-order valence-electron chi connectivity index (χ4n) is 3.13. The zero-order valence-corrected chi connectivity index (χ0v) is 17.8. The minimum atomic E-state index is 0.527. The van der Waals surface area contributed by atoms with Crippen molar-refractivity contribution in [2.45, 2.75) is 6.92 Å². The summed E-state index contributed by atoms with van der Waals surface area (Å²) in [7, 11) is 3.68. The van der Waals surface area contributed by atoms with Gasteiger partial charge < -0.3 is 14.2 Å². The van der Waals surface area contributed by atoms with E-state index in [1.165, 1.54) is 0 Å². The van der Waals surface area contributed by atoms with Crippen LogP contribution in [0.4, 0.5) is 11.4 Å². The summed E-state index contributed by atoms with van der Waals surface area (Å²) in [6, 6.07) is 12.0. The number of methoxy groups -OCH3 is 1. The van der Waals surface area contributed by atoms with Gasteiger partial charge in [-0.2, -0.15) is 0 Å². The van der Waals surface area contributed by atoms with E-state index in [0.29, 0.717) is 24.8 Å². The van der Waals surface area contributed by atoms with Crippen LogP contribution in [0.2, 0.25) is 0 Å². The number of rotatable bonds is 8. The third-order valence-corrected chi connectivity index (χ3v) is 5.04. The highest BCUT2D eigenvalue weighted by molar-refractivity contribution is 6.18. The van der Waals surface area contributed by atoms with Crippen molar-refractivity contribution in [3.63, 3.8) is 0 Å². The summed E-state index contributed by atoms with van der Waals surface area (Å²) in [6.45, 7) is 3.41. The minimum Gasteiger partial charge on any atom is -0.495 e. The van der Waals surface area contributed by atoms with Crippen molar-refractivity contribution in [2.24, 2.45) is 12.0 Å². The zero-order valence-electron chi connectivity index (χ0n) is 16.3. The molecule has 7 heteroatoms. The highest BCUT2D eigenvalue weighted by atomic mass is 35.5. The van der Waals surface area contributed by atoms with E-state index in [2.05, 4.69) is 19.4 Å². The van der Waals surface area contributed by atoms with Gasteiger partial charge in [-0.05, 0) is 42.8 Å². The van der Waals surface area contributed by atoms with Crippen molar-refractivity contribution in [2.75, 3.05) is 36.9 Å². The predicted molar refractivity (Wildman–Crippen MR) is 119 cm³/mol. The van der Waals surface area contributed by atoms with Gasteiger partial charge in [0.05, 0.1) is 29.5 Å². The summed E-state index contributed by atoms with van der Waals surface area (Å²) in [5.74, 6) is 2.81. The summed E-state index contributed by atoms with van der Waals surface area (Å²) in [5, 5.41) is 0. The van der Waals surface area contributed by atoms with E-state index in [9.17, 15) is 0 Å². The molecule has 1 heterocycles. The largest absolute Gasteiger partial charge is 0.495 e. The van der Waals surface area contributed by atoms with E-state index in [1.54, 1.807) is 7.11 Å². The number of imidazole rings is 1. The standard InChI is InChI=1S/C21H24Cl2N4O/c1-15-25-18-13-17(5-7-19(18)26(15)2)24-14-16-4-6-20(21(12-16)28-3)27(10-8-22)11-9-23/h4-7,12-14H,8-11H2,1-3H3. The van der Waals surface area contributed by atoms with E-state index < -0.39 is 0 Å². The first kappa shape index (κ1) is 20.5. The van der Waals surface area contributed by atoms with Crippen LogP contribution < -0.4 is 9.64 Å². The van der Waals surface area contributed by atoms with Gasteiger partial charge in [-0.25, -0.2) is 4.98 Å². The molecule has 0 N–H and O–H groups in total. The van der Waals surface area contributed by atoms with Crippen LogP contribution in [0.5, 0.6) is 5.75 Å². The van der Waals surface area contributed by atoms with Crippen LogP contribution in [0.25, 0.3) is 11.0 Å². The van der Waals surface area contributed by atoms with Gasteiger partial charge >= 0.3 is 0 Å². The maximum absolute atomic E-state index is 5.93. The average molecular weight is 419 g/mol. The van der Waals surface area contributed by atoms with Crippen molar-refractivity contribution >= 4 is 51.8 Å². The number of halogens is 2. The number of nitrogens with zero attached hydrogens (tertiary/aromatic N) is 4. The van der Waals surface area contributed by atoms with E-state index in [1.807, 2.05) is 56.6 Å². The molecule has 0 atom stereocenters. The number of anilines is 1. The maximum Gasteiger partial charge on any atom is 0.142 e. The monoisotopic (exact) mass is 418 g/mol. The second-order valence-electron chi connectivity index (χ2n) is 6.45. The SMILES string of the molecule is COc1cc(C=Nc2ccc3c(c2)nc(C)n3C)ccc1N(CCCl)CCCl. The fourth-order valence-corrected chi connectivity index (χ4v) is 3.54. The summed E-state index contributed by atoms with van der Waals surface area (Å²) in [5.41, 5.74) is 4.84. The van der Waals surface area contributed by atoms with Gasteiger partial charge in [0, 0.05) is 38.1 Å². The Morgan fingerprint density at radius 3 is 2.57 bits per heavy atom. The molecule has 1 aromatic heterocycles. The molecule has 3 aromatic rings. The summed E-state index contributed by atoms with van der Waals surface area (Å²) in [6.07, 6.45) is 1.83. The van der Waals surface area contributed by atoms with Gasteiger partial charge in [-0.3, -0.25) is 4.99 Å². The zero-order chi connectivity index (χ0) is 20.1. The molecule has 0 bridgehead atoms. The predicted octanol–water partition coefficient (Wildman–Crippen LogP) is 4.92. The van der Waals surface area contributed by atoms with Crippen molar-refractivity contribution in [3.8, 4) is 5.75 Å². The van der Waals surface area contributed by atoms with E-state index in [0.717, 1.165) is 39.5 Å². The first-order chi connectivity index (χ1) is 13.6. The van der Waals surface area contributed by atoms with Crippen LogP contribution >= 0.6 is 23.2 Å². The smallest absolute Gasteiger partial charge is 0.142 e. The van der Waals surface area contributed by atoms with Crippen LogP contribution in [0, 0.1) is 6.92 Å². The van der Waals surface area contributed by atoms with E-state index >= 15 is 0 Å². The molecule has 2 aromatic carbocycles. The molecular formula is C21H24Cl2N4O. The number of aliphatic imine (C=N–C) groups is 1. The number of hydrogen-bond donors (Lipinski definition) is 0. The molecule has 148 valence electrons. The lowest BCUT2D eigenvalue weighted by Crippen LogP contribution is -2.28. The normalized spacial score (nSPS) is 11.5. The Balaban J connectivity index is 1.85. The van der Waals surface area contributed by atoms with Crippen molar-refractivity contribution < 1.29 is 4.74 Å². The molecule has 0 saturated heterocycles. The molecule has 0 aliphatic rings. The number of aromatic nitrogens is 2. The lowest BCUT2D eigenvalue weighted by atomic mass is 10.2. The number of ether oxygens (including phenoxy) is 1. The number of aryl methyl sites for hydroxylation is 2. The maximum atomic E-state index is 5.93. The van der Waals surface area contributed by atoms with E-state index in [4.69, 9.17) is 27.9 Å². The second kappa shape index (κ2) is 9.30. The summed E-state index contributed by atoms with van der Waals surface area (Å²) < 4.78 is 7.65. The van der Waals surface area contributed by atoms with Crippen LogP contribution in [-0.4, -0.2) is 47.7 Å². The molecule has 0 amide bonds. The number of hydrogen-bond acceptors (Lipinski definition) is 4. The molecule has 0 spiro atoms. The topological polar surface area (TPSA) is 42.7 Å². The Kier molecular flexibility index (Phi) is 6.81. The Morgan fingerprint density at radius 2 is 1.89 bits per heavy atom. The van der Waals surface area contributed by atoms with Gasteiger partial charge in [0.1, 0.15) is 11.6 Å². The first-order valence-corrected chi connectivity index (χ1v) is 10.2. The third-order valence-electron chi connectivity index (χ3n) is 4.70. The molecule has 0 fully saturated rings. The quantitative estimate of drug-likeness (QED) is 0.384. The van der Waals surface area contributed by atoms with Gasteiger partial charge in [0.15, 0.2) is 0 Å². The molecule has 0 unspecified atom stereocenters. The van der Waals surface area contributed by atoms with Gasteiger partial charge in [-0.15, -0.1) is 23.2 Å². The molecule has 28 heavy (non-hydrogen) atoms. The van der Waals surface area contributed by atoms with Crippen molar-refractivity contribution in [1.82, 2.24) is 9.55 Å².